The van der Waals surface area contributed by atoms with Crippen LogP contribution in [0.25, 0.3) is 16.5 Å². The number of aliphatic hydroxyl groups excluding tert-OH is 2. The average Bonchev–Trinajstić information content (AvgIpc) is 3.65. The third kappa shape index (κ3) is 11.5. The number of methoxy groups -OCH3 is 1. The maximum atomic E-state index is 13.7. The standard InChI is InChI=1S/C38H33N9O20S3/c1-18-11-24(27(63-2)17-31(18)69(57,58)59)41-44-34-35(38(52)53)45-46(37(34)51)20-3-5-22-19(12-20)13-30(68-67-66-56)33(36(22)50)43-42-26-16-28(64-9-7-48)25(15-29(26)65-10-8-49)40-39-23-6-4-21(47(54)55)14-32(23)70(60,61)62/h3-6,11-17,45,48-50,56H,7-10H2,1-2H3,(H,52,53)(H,57,58,59)(H,60,61,62). The maximum absolute atomic E-state index is 13.7. The van der Waals surface area contributed by atoms with Crippen molar-refractivity contribution in [2.45, 2.75) is 21.6 Å². The highest BCUT2D eigenvalue weighted by molar-refractivity contribution is 7.94. The zero-order valence-corrected chi connectivity index (χ0v) is 37.9. The third-order valence-corrected chi connectivity index (χ3v) is 11.7. The van der Waals surface area contributed by atoms with Gasteiger partial charge in [-0.2, -0.15) is 16.8 Å². The molecular weight excluding hydrogens is 999 g/mol. The number of aryl methyl sites for hydroxylation is 1. The molecular formula is C38H33N9O20S3. The van der Waals surface area contributed by atoms with E-state index >= 15 is 0 Å². The minimum absolute atomic E-state index is 0.0162. The molecule has 368 valence electrons. The first kappa shape index (κ1) is 51.6. The molecule has 8 N–H and O–H groups in total. The number of hydrogen-bond donors (Lipinski definition) is 8. The monoisotopic (exact) mass is 1030 g/mol. The number of H-pyrrole nitrogens is 1. The molecule has 0 spiro atoms. The normalized spacial score (nSPS) is 12.2. The van der Waals surface area contributed by atoms with Crippen LogP contribution in [0.15, 0.2) is 117 Å². The molecule has 0 aliphatic heterocycles. The van der Waals surface area contributed by atoms with Gasteiger partial charge in [-0.3, -0.25) is 29.1 Å². The van der Waals surface area contributed by atoms with E-state index in [1.807, 2.05) is 0 Å². The Morgan fingerprint density at radius 2 is 1.37 bits per heavy atom. The number of aliphatic hydroxyl groups is 2. The number of aromatic hydroxyl groups is 1. The summed E-state index contributed by atoms with van der Waals surface area (Å²) in [4.78, 5) is 34.8. The van der Waals surface area contributed by atoms with Gasteiger partial charge in [-0.05, 0) is 54.3 Å². The van der Waals surface area contributed by atoms with Crippen LogP contribution in [-0.4, -0.2) is 106 Å². The molecule has 0 radical (unpaired) electrons. The number of carboxylic acid groups (broad SMARTS) is 1. The van der Waals surface area contributed by atoms with Gasteiger partial charge in [0, 0.05) is 35.7 Å². The Morgan fingerprint density at radius 3 is 1.93 bits per heavy atom. The molecule has 70 heavy (non-hydrogen) atoms. The topological polar surface area (TPSA) is 428 Å². The highest BCUT2D eigenvalue weighted by Crippen LogP contribution is 2.47. The van der Waals surface area contributed by atoms with Gasteiger partial charge in [0.05, 0.1) is 47.9 Å². The molecule has 0 aliphatic carbocycles. The molecule has 32 heteroatoms. The number of nitro benzene ring substituents is 1. The summed E-state index contributed by atoms with van der Waals surface area (Å²) in [7, 11) is -8.56. The summed E-state index contributed by atoms with van der Waals surface area (Å²) >= 11 is 0.315. The molecule has 0 fully saturated rings. The lowest BCUT2D eigenvalue weighted by Gasteiger charge is -2.13. The Labute approximate surface area is 395 Å². The van der Waals surface area contributed by atoms with Gasteiger partial charge in [-0.25, -0.2) is 14.7 Å². The van der Waals surface area contributed by atoms with Gasteiger partial charge in [0.15, 0.2) is 17.1 Å². The van der Waals surface area contributed by atoms with E-state index in [-0.39, 0.29) is 80.1 Å². The Hall–Kier alpha value is -7.79. The second-order valence-electron chi connectivity index (χ2n) is 13.7. The van der Waals surface area contributed by atoms with Crippen molar-refractivity contribution in [2.24, 2.45) is 30.7 Å². The van der Waals surface area contributed by atoms with E-state index in [1.54, 1.807) is 0 Å². The zero-order valence-electron chi connectivity index (χ0n) is 35.4. The number of azo groups is 3. The minimum atomic E-state index is -5.06. The Kier molecular flexibility index (Phi) is 16.0. The van der Waals surface area contributed by atoms with Crippen molar-refractivity contribution in [3.8, 4) is 28.7 Å². The van der Waals surface area contributed by atoms with Gasteiger partial charge >= 0.3 is 5.97 Å². The fraction of sp³-hybridized carbons (Fsp3) is 0.158. The molecule has 5 aromatic carbocycles. The van der Waals surface area contributed by atoms with E-state index < -0.39 is 88.2 Å². The Morgan fingerprint density at radius 1 is 0.786 bits per heavy atom. The smallest absolute Gasteiger partial charge is 0.356 e. The largest absolute Gasteiger partial charge is 0.505 e. The fourth-order valence-electron chi connectivity index (χ4n) is 6.17. The highest BCUT2D eigenvalue weighted by Gasteiger charge is 2.25. The zero-order chi connectivity index (χ0) is 51.1. The SMILES string of the molecule is COc1cc(S(=O)(=O)O)c(C)cc1N=Nc1c(C(=O)O)[nH]n(-c2ccc3c(O)c(N=Nc4cc(OCCO)c(N=Nc5ccc([N+](=O)[O-])cc5S(=O)(=O)O)cc4OCCO)c(SOOO)cc3c2)c1=O. The molecule has 0 unspecified atom stereocenters. The van der Waals surface area contributed by atoms with Gasteiger partial charge in [0.25, 0.3) is 31.5 Å². The molecule has 6 aromatic rings. The van der Waals surface area contributed by atoms with Crippen LogP contribution in [0.1, 0.15) is 16.1 Å². The van der Waals surface area contributed by atoms with Crippen molar-refractivity contribution in [1.29, 1.82) is 0 Å². The van der Waals surface area contributed by atoms with Crippen LogP contribution >= 0.6 is 12.0 Å². The van der Waals surface area contributed by atoms with Crippen molar-refractivity contribution < 1.29 is 84.9 Å². The number of ether oxygens (including phenoxy) is 3. The summed E-state index contributed by atoms with van der Waals surface area (Å²) in [5.41, 5.74) is -4.53. The van der Waals surface area contributed by atoms with E-state index in [4.69, 9.17) is 19.5 Å². The third-order valence-electron chi connectivity index (χ3n) is 9.23. The van der Waals surface area contributed by atoms with Gasteiger partial charge in [0.2, 0.25) is 0 Å². The van der Waals surface area contributed by atoms with Gasteiger partial charge in [0.1, 0.15) is 68.7 Å². The molecule has 29 nitrogen and oxygen atoms in total. The number of nitro groups is 1. The lowest BCUT2D eigenvalue weighted by molar-refractivity contribution is -0.432. The predicted octanol–water partition coefficient (Wildman–Crippen LogP) is 6.86. The lowest BCUT2D eigenvalue weighted by atomic mass is 10.1. The molecule has 0 saturated carbocycles. The number of nitrogens with one attached hydrogen (secondary N) is 1. The second-order valence-corrected chi connectivity index (χ2v) is 17.2. The van der Waals surface area contributed by atoms with Crippen LogP contribution in [0.3, 0.4) is 0 Å². The first-order valence-electron chi connectivity index (χ1n) is 19.1. The van der Waals surface area contributed by atoms with Gasteiger partial charge in [-0.15, -0.1) is 35.0 Å². The summed E-state index contributed by atoms with van der Waals surface area (Å²) in [6, 6.07) is 12.1. The number of aromatic carboxylic acids is 1. The summed E-state index contributed by atoms with van der Waals surface area (Å²) < 4.78 is 88.8. The number of aromatic amines is 1. The van der Waals surface area contributed by atoms with Crippen molar-refractivity contribution in [1.82, 2.24) is 9.78 Å². The molecule has 6 rings (SSSR count). The van der Waals surface area contributed by atoms with Gasteiger partial charge in [-0.1, -0.05) is 5.04 Å². The number of hydrogen-bond acceptors (Lipinski definition) is 24. The quantitative estimate of drug-likeness (QED) is 0.00911. The lowest BCUT2D eigenvalue weighted by Crippen LogP contribution is -2.14. The molecule has 0 saturated heterocycles. The number of aromatic nitrogens is 2. The van der Waals surface area contributed by atoms with Crippen LogP contribution in [0.4, 0.5) is 39.8 Å². The number of benzene rings is 5. The predicted molar refractivity (Wildman–Crippen MR) is 238 cm³/mol. The summed E-state index contributed by atoms with van der Waals surface area (Å²) in [5.74, 6) is -2.79. The number of phenols is 1. The number of rotatable bonds is 21. The number of phenolic OH excluding ortho intramolecular Hbond substituents is 1. The van der Waals surface area contributed by atoms with Crippen molar-refractivity contribution in [3.63, 3.8) is 0 Å². The Bertz CT molecular complexity index is 3420. The first-order valence-corrected chi connectivity index (χ1v) is 22.7. The highest BCUT2D eigenvalue weighted by atomic mass is 32.2. The number of carboxylic acids is 1. The molecule has 0 atom stereocenters. The van der Waals surface area contributed by atoms with E-state index in [1.165, 1.54) is 37.3 Å². The van der Waals surface area contributed by atoms with Crippen molar-refractivity contribution in [2.75, 3.05) is 33.5 Å². The fourth-order valence-corrected chi connectivity index (χ4v) is 8.03. The number of carbonyl (C=O) groups is 1. The van der Waals surface area contributed by atoms with Crippen LogP contribution in [-0.2, 0) is 29.6 Å². The molecule has 0 amide bonds. The molecule has 1 heterocycles. The van der Waals surface area contributed by atoms with Gasteiger partial charge < -0.3 is 34.6 Å². The van der Waals surface area contributed by atoms with Crippen molar-refractivity contribution in [3.05, 3.63) is 98.5 Å². The summed E-state index contributed by atoms with van der Waals surface area (Å²) in [6.45, 7) is -0.402. The van der Waals surface area contributed by atoms with Crippen LogP contribution in [0.2, 0.25) is 0 Å². The van der Waals surface area contributed by atoms with E-state index in [0.29, 0.717) is 18.1 Å². The molecule has 0 bridgehead atoms. The Balaban J connectivity index is 1.42. The minimum Gasteiger partial charge on any atom is -0.505 e. The maximum Gasteiger partial charge on any atom is 0.356 e. The van der Waals surface area contributed by atoms with Crippen LogP contribution < -0.4 is 19.8 Å². The number of nitrogens with zero attached hydrogens (tertiary/aromatic N) is 8. The molecule has 0 aliphatic rings. The van der Waals surface area contributed by atoms with Crippen LogP contribution in [0.5, 0.6) is 23.0 Å². The van der Waals surface area contributed by atoms with E-state index in [0.717, 1.165) is 42.1 Å². The van der Waals surface area contributed by atoms with Crippen LogP contribution in [0, 0.1) is 17.0 Å². The van der Waals surface area contributed by atoms with Crippen molar-refractivity contribution >= 4 is 88.8 Å². The summed E-state index contributed by atoms with van der Waals surface area (Å²) in [5, 5.41) is 91.0. The van der Waals surface area contributed by atoms with E-state index in [9.17, 15) is 66.1 Å². The second kappa shape index (κ2) is 21.7. The first-order chi connectivity index (χ1) is 33.2. The summed E-state index contributed by atoms with van der Waals surface area (Å²) in [6.07, 6.45) is 0. The van der Waals surface area contributed by atoms with E-state index in [2.05, 4.69) is 45.2 Å². The molecule has 1 aromatic heterocycles. The number of fused-ring (bicyclic) bond motifs is 1. The average molecular weight is 1030 g/mol. The number of non-ortho nitro benzene ring substituents is 1.